The van der Waals surface area contributed by atoms with Crippen molar-refractivity contribution in [3.05, 3.63) is 60.3 Å². The summed E-state index contributed by atoms with van der Waals surface area (Å²) in [5, 5.41) is 6.46. The molecule has 0 spiro atoms. The van der Waals surface area contributed by atoms with Crippen molar-refractivity contribution in [1.82, 2.24) is 14.6 Å². The molecule has 2 amide bonds. The van der Waals surface area contributed by atoms with Crippen LogP contribution in [0, 0.1) is 0 Å². The smallest absolute Gasteiger partial charge is 0.247 e. The molecule has 1 aromatic heterocycles. The third-order valence-corrected chi connectivity index (χ3v) is 7.32. The van der Waals surface area contributed by atoms with Gasteiger partial charge in [0.1, 0.15) is 6.04 Å². The number of rotatable bonds is 9. The van der Waals surface area contributed by atoms with Crippen LogP contribution in [0.25, 0.3) is 10.9 Å². The fraction of sp³-hybridized carbons (Fsp3) is 0.304. The zero-order chi connectivity index (χ0) is 23.3. The van der Waals surface area contributed by atoms with E-state index < -0.39 is 16.1 Å². The van der Waals surface area contributed by atoms with Gasteiger partial charge in [0, 0.05) is 49.2 Å². The predicted molar refractivity (Wildman–Crippen MR) is 125 cm³/mol. The van der Waals surface area contributed by atoms with E-state index in [1.165, 1.54) is 23.4 Å². The number of aromatic nitrogens is 1. The van der Waals surface area contributed by atoms with Gasteiger partial charge >= 0.3 is 0 Å². The second-order valence-electron chi connectivity index (χ2n) is 7.42. The topological polar surface area (TPSA) is 111 Å². The standard InChI is InChI=1S/C23H28N4O4S/c1-4-27(5-2)32(30,31)19-12-10-18(11-13-19)26-23(29)22(25-16(3)28)14-17-15-24-21-9-7-6-8-20(17)21/h6-13,15,22,24H,4-5,14H2,1-3H3,(H,25,28)(H,26,29). The number of amides is 2. The quantitative estimate of drug-likeness (QED) is 0.460. The molecule has 0 saturated heterocycles. The van der Waals surface area contributed by atoms with E-state index in [0.29, 0.717) is 25.2 Å². The number of carbonyl (C=O) groups excluding carboxylic acids is 2. The molecule has 0 aliphatic heterocycles. The summed E-state index contributed by atoms with van der Waals surface area (Å²) < 4.78 is 26.6. The molecule has 32 heavy (non-hydrogen) atoms. The number of anilines is 1. The normalized spacial score (nSPS) is 12.6. The van der Waals surface area contributed by atoms with Crippen LogP contribution in [0.3, 0.4) is 0 Å². The number of H-pyrrole nitrogens is 1. The van der Waals surface area contributed by atoms with E-state index in [9.17, 15) is 18.0 Å². The molecule has 2 aromatic carbocycles. The third kappa shape index (κ3) is 5.17. The number of hydrogen-bond acceptors (Lipinski definition) is 4. The minimum Gasteiger partial charge on any atom is -0.361 e. The molecule has 0 radical (unpaired) electrons. The summed E-state index contributed by atoms with van der Waals surface area (Å²) >= 11 is 0. The van der Waals surface area contributed by atoms with Crippen LogP contribution >= 0.6 is 0 Å². The SMILES string of the molecule is CCN(CC)S(=O)(=O)c1ccc(NC(=O)C(Cc2c[nH]c3ccccc23)NC(C)=O)cc1. The highest BCUT2D eigenvalue weighted by Crippen LogP contribution is 2.21. The third-order valence-electron chi connectivity index (χ3n) is 5.26. The second-order valence-corrected chi connectivity index (χ2v) is 9.36. The van der Waals surface area contributed by atoms with Crippen LogP contribution < -0.4 is 10.6 Å². The zero-order valence-electron chi connectivity index (χ0n) is 18.4. The molecule has 0 saturated carbocycles. The molecule has 3 aromatic rings. The summed E-state index contributed by atoms with van der Waals surface area (Å²) in [7, 11) is -3.57. The highest BCUT2D eigenvalue weighted by Gasteiger charge is 2.23. The summed E-state index contributed by atoms with van der Waals surface area (Å²) in [6.07, 6.45) is 2.14. The molecule has 1 unspecified atom stereocenters. The van der Waals surface area contributed by atoms with Gasteiger partial charge in [0.25, 0.3) is 0 Å². The molecule has 3 N–H and O–H groups in total. The maximum Gasteiger partial charge on any atom is 0.247 e. The molecule has 170 valence electrons. The van der Waals surface area contributed by atoms with Gasteiger partial charge in [-0.2, -0.15) is 4.31 Å². The van der Waals surface area contributed by atoms with Crippen LogP contribution in [0.4, 0.5) is 5.69 Å². The average molecular weight is 457 g/mol. The van der Waals surface area contributed by atoms with Crippen molar-refractivity contribution in [2.45, 2.75) is 38.1 Å². The fourth-order valence-corrected chi connectivity index (χ4v) is 5.09. The first-order valence-electron chi connectivity index (χ1n) is 10.5. The van der Waals surface area contributed by atoms with Crippen LogP contribution in [-0.4, -0.2) is 48.7 Å². The molecule has 8 nitrogen and oxygen atoms in total. The van der Waals surface area contributed by atoms with Crippen LogP contribution in [0.2, 0.25) is 0 Å². The Kier molecular flexibility index (Phi) is 7.32. The number of nitrogens with one attached hydrogen (secondary N) is 3. The van der Waals surface area contributed by atoms with Crippen LogP contribution in [0.15, 0.2) is 59.6 Å². The minimum atomic E-state index is -3.57. The first-order valence-corrected chi connectivity index (χ1v) is 11.9. The Labute approximate surface area is 188 Å². The maximum atomic E-state index is 12.9. The lowest BCUT2D eigenvalue weighted by Crippen LogP contribution is -2.44. The Morgan fingerprint density at radius 3 is 2.31 bits per heavy atom. The van der Waals surface area contributed by atoms with E-state index in [0.717, 1.165) is 16.5 Å². The Morgan fingerprint density at radius 1 is 1.03 bits per heavy atom. The minimum absolute atomic E-state index is 0.163. The number of aromatic amines is 1. The number of para-hydroxylation sites is 1. The van der Waals surface area contributed by atoms with Crippen molar-refractivity contribution in [3.8, 4) is 0 Å². The van der Waals surface area contributed by atoms with Crippen molar-refractivity contribution >= 4 is 38.4 Å². The first-order chi connectivity index (χ1) is 15.3. The molecule has 1 heterocycles. The Morgan fingerprint density at radius 2 is 1.69 bits per heavy atom. The summed E-state index contributed by atoms with van der Waals surface area (Å²) in [5.41, 5.74) is 2.31. The number of nitrogens with zero attached hydrogens (tertiary/aromatic N) is 1. The summed E-state index contributed by atoms with van der Waals surface area (Å²) in [4.78, 5) is 28.0. The second kappa shape index (κ2) is 9.97. The number of hydrogen-bond donors (Lipinski definition) is 3. The molecular formula is C23H28N4O4S. The Hall–Kier alpha value is -3.17. The van der Waals surface area contributed by atoms with E-state index in [1.54, 1.807) is 26.0 Å². The van der Waals surface area contributed by atoms with Gasteiger partial charge in [-0.1, -0.05) is 32.0 Å². The number of sulfonamides is 1. The van der Waals surface area contributed by atoms with Crippen LogP contribution in [0.1, 0.15) is 26.3 Å². The molecule has 3 rings (SSSR count). The van der Waals surface area contributed by atoms with Crippen LogP contribution in [0.5, 0.6) is 0 Å². The Balaban J connectivity index is 1.77. The van der Waals surface area contributed by atoms with E-state index in [2.05, 4.69) is 15.6 Å². The summed E-state index contributed by atoms with van der Waals surface area (Å²) in [6.45, 7) is 5.69. The Bertz CT molecular complexity index is 1200. The van der Waals surface area contributed by atoms with Crippen molar-refractivity contribution < 1.29 is 18.0 Å². The lowest BCUT2D eigenvalue weighted by molar-refractivity contribution is -0.125. The van der Waals surface area contributed by atoms with Crippen molar-refractivity contribution in [1.29, 1.82) is 0 Å². The van der Waals surface area contributed by atoms with Crippen molar-refractivity contribution in [2.75, 3.05) is 18.4 Å². The maximum absolute atomic E-state index is 12.9. The lowest BCUT2D eigenvalue weighted by atomic mass is 10.0. The highest BCUT2D eigenvalue weighted by atomic mass is 32.2. The molecule has 9 heteroatoms. The highest BCUT2D eigenvalue weighted by molar-refractivity contribution is 7.89. The predicted octanol–water partition coefficient (Wildman–Crippen LogP) is 2.88. The molecule has 0 bridgehead atoms. The van der Waals surface area contributed by atoms with Gasteiger partial charge in [-0.05, 0) is 35.9 Å². The largest absolute Gasteiger partial charge is 0.361 e. The van der Waals surface area contributed by atoms with Gasteiger partial charge in [0.15, 0.2) is 0 Å². The average Bonchev–Trinajstić information content (AvgIpc) is 3.17. The zero-order valence-corrected chi connectivity index (χ0v) is 19.2. The molecule has 0 fully saturated rings. The van der Waals surface area contributed by atoms with Crippen LogP contribution in [-0.2, 0) is 26.0 Å². The first kappa shape index (κ1) is 23.5. The van der Waals surface area contributed by atoms with Gasteiger partial charge < -0.3 is 15.6 Å². The van der Waals surface area contributed by atoms with E-state index in [4.69, 9.17) is 0 Å². The lowest BCUT2D eigenvalue weighted by Gasteiger charge is -2.19. The van der Waals surface area contributed by atoms with Gasteiger partial charge in [0.05, 0.1) is 4.90 Å². The number of fused-ring (bicyclic) bond motifs is 1. The number of carbonyl (C=O) groups is 2. The number of benzene rings is 2. The molecule has 0 aliphatic rings. The van der Waals surface area contributed by atoms with Gasteiger partial charge in [0.2, 0.25) is 21.8 Å². The molecule has 1 atom stereocenters. The molecular weight excluding hydrogens is 428 g/mol. The monoisotopic (exact) mass is 456 g/mol. The summed E-state index contributed by atoms with van der Waals surface area (Å²) in [5.74, 6) is -0.699. The van der Waals surface area contributed by atoms with E-state index >= 15 is 0 Å². The van der Waals surface area contributed by atoms with E-state index in [-0.39, 0.29) is 16.7 Å². The van der Waals surface area contributed by atoms with E-state index in [1.807, 2.05) is 30.5 Å². The van der Waals surface area contributed by atoms with Crippen molar-refractivity contribution in [3.63, 3.8) is 0 Å². The van der Waals surface area contributed by atoms with Gasteiger partial charge in [-0.25, -0.2) is 8.42 Å². The van der Waals surface area contributed by atoms with Gasteiger partial charge in [-0.3, -0.25) is 9.59 Å². The fourth-order valence-electron chi connectivity index (χ4n) is 3.63. The summed E-state index contributed by atoms with van der Waals surface area (Å²) in [6, 6.07) is 13.0. The van der Waals surface area contributed by atoms with Crippen molar-refractivity contribution in [2.24, 2.45) is 0 Å². The molecule has 0 aliphatic carbocycles. The van der Waals surface area contributed by atoms with Gasteiger partial charge in [-0.15, -0.1) is 0 Å².